The van der Waals surface area contributed by atoms with Crippen LogP contribution in [0, 0.1) is 5.92 Å². The number of anilines is 1. The number of rotatable bonds is 4. The Bertz CT molecular complexity index is 587. The molecule has 0 aliphatic carbocycles. The van der Waals surface area contributed by atoms with Gasteiger partial charge in [0.1, 0.15) is 5.75 Å². The Labute approximate surface area is 150 Å². The van der Waals surface area contributed by atoms with E-state index >= 15 is 0 Å². The van der Waals surface area contributed by atoms with Crippen LogP contribution in [0.4, 0.5) is 5.69 Å². The summed E-state index contributed by atoms with van der Waals surface area (Å²) in [5, 5.41) is 10.2. The van der Waals surface area contributed by atoms with Crippen molar-refractivity contribution in [2.75, 3.05) is 57.8 Å². The van der Waals surface area contributed by atoms with Gasteiger partial charge in [0.2, 0.25) is 5.91 Å². The van der Waals surface area contributed by atoms with E-state index in [2.05, 4.69) is 15.9 Å². The highest BCUT2D eigenvalue weighted by Crippen LogP contribution is 2.29. The first-order valence-corrected chi connectivity index (χ1v) is 9.22. The number of carbonyl (C=O) groups is 1. The van der Waals surface area contributed by atoms with Crippen LogP contribution in [-0.2, 0) is 4.79 Å². The van der Waals surface area contributed by atoms with Crippen molar-refractivity contribution in [2.45, 2.75) is 19.4 Å². The predicted molar refractivity (Wildman–Crippen MR) is 98.0 cm³/mol. The van der Waals surface area contributed by atoms with E-state index in [0.29, 0.717) is 32.7 Å². The van der Waals surface area contributed by atoms with E-state index in [1.807, 2.05) is 37.1 Å². The van der Waals surface area contributed by atoms with Gasteiger partial charge >= 0.3 is 0 Å². The smallest absolute Gasteiger partial charge is 0.229 e. The van der Waals surface area contributed by atoms with Crippen LogP contribution in [0.25, 0.3) is 0 Å². The van der Waals surface area contributed by atoms with Crippen molar-refractivity contribution in [3.05, 3.63) is 24.3 Å². The average Bonchev–Trinajstić information content (AvgIpc) is 2.64. The molecule has 2 fully saturated rings. The van der Waals surface area contributed by atoms with Crippen LogP contribution in [0.2, 0.25) is 0 Å². The number of aliphatic hydroxyl groups excluding tert-OH is 1. The minimum atomic E-state index is -0.514. The lowest BCUT2D eigenvalue weighted by atomic mass is 9.93. The third-order valence-electron chi connectivity index (χ3n) is 5.19. The van der Waals surface area contributed by atoms with Gasteiger partial charge in [-0.25, -0.2) is 0 Å². The van der Waals surface area contributed by atoms with Crippen LogP contribution in [-0.4, -0.2) is 79.8 Å². The van der Waals surface area contributed by atoms with E-state index in [1.54, 1.807) is 0 Å². The maximum atomic E-state index is 12.8. The van der Waals surface area contributed by atoms with E-state index in [1.165, 1.54) is 0 Å². The topological polar surface area (TPSA) is 56.2 Å². The third-order valence-corrected chi connectivity index (χ3v) is 5.19. The first kappa shape index (κ1) is 18.0. The number of amides is 1. The van der Waals surface area contributed by atoms with Crippen LogP contribution in [0.3, 0.4) is 0 Å². The number of carbonyl (C=O) groups excluding carboxylic acids is 1. The molecule has 2 saturated heterocycles. The number of hydrogen-bond donors (Lipinski definition) is 1. The Kier molecular flexibility index (Phi) is 5.81. The number of ether oxygens (including phenoxy) is 1. The molecule has 0 bridgehead atoms. The monoisotopic (exact) mass is 347 g/mol. The molecule has 3 rings (SSSR count). The Hall–Kier alpha value is -1.79. The van der Waals surface area contributed by atoms with Crippen LogP contribution < -0.4 is 9.64 Å². The molecule has 6 heteroatoms. The average molecular weight is 347 g/mol. The molecule has 1 aromatic carbocycles. The first-order chi connectivity index (χ1) is 12.1. The van der Waals surface area contributed by atoms with Gasteiger partial charge in [-0.2, -0.15) is 0 Å². The zero-order valence-electron chi connectivity index (χ0n) is 15.2. The van der Waals surface area contributed by atoms with Gasteiger partial charge in [-0.15, -0.1) is 0 Å². The Balaban J connectivity index is 1.61. The molecule has 6 nitrogen and oxygen atoms in total. The summed E-state index contributed by atoms with van der Waals surface area (Å²) in [5.41, 5.74) is 1.09. The van der Waals surface area contributed by atoms with Crippen molar-refractivity contribution in [1.29, 1.82) is 0 Å². The van der Waals surface area contributed by atoms with Gasteiger partial charge in [-0.1, -0.05) is 12.1 Å². The van der Waals surface area contributed by atoms with Crippen molar-refractivity contribution < 1.29 is 14.6 Å². The highest BCUT2D eigenvalue weighted by Gasteiger charge is 2.35. The number of likely N-dealkylation sites (tertiary alicyclic amines) is 1. The number of piperazine rings is 1. The molecule has 0 aromatic heterocycles. The number of benzene rings is 1. The fraction of sp³-hybridized carbons (Fsp3) is 0.632. The van der Waals surface area contributed by atoms with Gasteiger partial charge < -0.3 is 24.5 Å². The number of piperidine rings is 1. The van der Waals surface area contributed by atoms with E-state index in [4.69, 9.17) is 4.74 Å². The summed E-state index contributed by atoms with van der Waals surface area (Å²) in [7, 11) is 2.01. The molecular weight excluding hydrogens is 318 g/mol. The SMILES string of the molecule is CCOc1ccccc1N1CCN(C(=O)[C@@H]2CN(C)CC[C@H]2O)CC1. The predicted octanol–water partition coefficient (Wildman–Crippen LogP) is 1.05. The molecular formula is C19H29N3O3. The summed E-state index contributed by atoms with van der Waals surface area (Å²) in [6.07, 6.45) is 0.162. The van der Waals surface area contributed by atoms with Crippen LogP contribution >= 0.6 is 0 Å². The summed E-state index contributed by atoms with van der Waals surface area (Å²) in [4.78, 5) is 19.1. The normalized spacial score (nSPS) is 25.1. The van der Waals surface area contributed by atoms with Crippen LogP contribution in [0.5, 0.6) is 5.75 Å². The van der Waals surface area contributed by atoms with Gasteiger partial charge in [0, 0.05) is 39.3 Å². The maximum absolute atomic E-state index is 12.8. The van der Waals surface area contributed by atoms with E-state index in [-0.39, 0.29) is 11.8 Å². The van der Waals surface area contributed by atoms with E-state index in [0.717, 1.165) is 31.1 Å². The van der Waals surface area contributed by atoms with Crippen molar-refractivity contribution in [3.8, 4) is 5.75 Å². The lowest BCUT2D eigenvalue weighted by Crippen LogP contribution is -2.55. The molecule has 138 valence electrons. The van der Waals surface area contributed by atoms with Gasteiger partial charge in [-0.05, 0) is 32.5 Å². The number of hydrogen-bond acceptors (Lipinski definition) is 5. The maximum Gasteiger partial charge on any atom is 0.229 e. The summed E-state index contributed by atoms with van der Waals surface area (Å²) in [6.45, 7) is 7.07. The fourth-order valence-corrected chi connectivity index (χ4v) is 3.74. The number of aliphatic hydroxyl groups is 1. The van der Waals surface area contributed by atoms with Crippen molar-refractivity contribution in [1.82, 2.24) is 9.80 Å². The zero-order chi connectivity index (χ0) is 17.8. The molecule has 0 radical (unpaired) electrons. The quantitative estimate of drug-likeness (QED) is 0.882. The highest BCUT2D eigenvalue weighted by molar-refractivity contribution is 5.80. The second kappa shape index (κ2) is 8.06. The molecule has 0 spiro atoms. The zero-order valence-corrected chi connectivity index (χ0v) is 15.2. The summed E-state index contributed by atoms with van der Waals surface area (Å²) < 4.78 is 5.72. The fourth-order valence-electron chi connectivity index (χ4n) is 3.74. The Morgan fingerprint density at radius 3 is 2.64 bits per heavy atom. The molecule has 25 heavy (non-hydrogen) atoms. The first-order valence-electron chi connectivity index (χ1n) is 9.22. The molecule has 0 saturated carbocycles. The number of nitrogens with zero attached hydrogens (tertiary/aromatic N) is 3. The van der Waals surface area contributed by atoms with Gasteiger partial charge in [0.05, 0.1) is 24.3 Å². The standard InChI is InChI=1S/C19H29N3O3/c1-3-25-18-7-5-4-6-16(18)21-10-12-22(13-11-21)19(24)15-14-20(2)9-8-17(15)23/h4-7,15,17,23H,3,8-14H2,1-2H3/t15-,17-/m1/s1. The molecule has 2 heterocycles. The minimum Gasteiger partial charge on any atom is -0.492 e. The lowest BCUT2D eigenvalue weighted by Gasteiger charge is -2.40. The second-order valence-electron chi connectivity index (χ2n) is 6.94. The summed E-state index contributed by atoms with van der Waals surface area (Å²) in [6, 6.07) is 8.06. The van der Waals surface area contributed by atoms with Crippen molar-refractivity contribution in [3.63, 3.8) is 0 Å². The largest absolute Gasteiger partial charge is 0.492 e. The van der Waals surface area contributed by atoms with Crippen LogP contribution in [0.15, 0.2) is 24.3 Å². The summed E-state index contributed by atoms with van der Waals surface area (Å²) >= 11 is 0. The molecule has 2 atom stereocenters. The minimum absolute atomic E-state index is 0.0943. The van der Waals surface area contributed by atoms with Gasteiger partial charge in [0.15, 0.2) is 0 Å². The molecule has 2 aliphatic heterocycles. The van der Waals surface area contributed by atoms with Gasteiger partial charge in [-0.3, -0.25) is 4.79 Å². The molecule has 1 aromatic rings. The third kappa shape index (κ3) is 4.07. The Morgan fingerprint density at radius 2 is 1.92 bits per heavy atom. The number of para-hydroxylation sites is 2. The Morgan fingerprint density at radius 1 is 1.20 bits per heavy atom. The van der Waals surface area contributed by atoms with Gasteiger partial charge in [0.25, 0.3) is 0 Å². The second-order valence-corrected chi connectivity index (χ2v) is 6.94. The van der Waals surface area contributed by atoms with Crippen LogP contribution in [0.1, 0.15) is 13.3 Å². The van der Waals surface area contributed by atoms with Crippen molar-refractivity contribution in [2.24, 2.45) is 5.92 Å². The highest BCUT2D eigenvalue weighted by atomic mass is 16.5. The lowest BCUT2D eigenvalue weighted by molar-refractivity contribution is -0.142. The summed E-state index contributed by atoms with van der Waals surface area (Å²) in [5.74, 6) is 0.701. The molecule has 1 N–H and O–H groups in total. The molecule has 0 unspecified atom stereocenters. The van der Waals surface area contributed by atoms with E-state index in [9.17, 15) is 9.90 Å². The van der Waals surface area contributed by atoms with E-state index < -0.39 is 6.10 Å². The molecule has 1 amide bonds. The van der Waals surface area contributed by atoms with Crippen molar-refractivity contribution >= 4 is 11.6 Å². The molecule has 2 aliphatic rings.